The average molecular weight is 322 g/mol. The van der Waals surface area contributed by atoms with Crippen LogP contribution in [0.15, 0.2) is 36.4 Å². The normalized spacial score (nSPS) is 11.3. The monoisotopic (exact) mass is 322 g/mol. The van der Waals surface area contributed by atoms with Gasteiger partial charge < -0.3 is 4.74 Å². The lowest BCUT2D eigenvalue weighted by Crippen LogP contribution is -2.00. The van der Waals surface area contributed by atoms with E-state index in [1.165, 1.54) is 12.1 Å². The second-order valence-electron chi connectivity index (χ2n) is 5.61. The Labute approximate surface area is 137 Å². The first-order valence-electron chi connectivity index (χ1n) is 7.55. The summed E-state index contributed by atoms with van der Waals surface area (Å²) >= 11 is 0. The molecule has 1 aromatic carbocycles. The minimum atomic E-state index is -0.279. The van der Waals surface area contributed by atoms with E-state index in [0.717, 1.165) is 28.0 Å². The van der Waals surface area contributed by atoms with Crippen LogP contribution in [-0.2, 0) is 0 Å². The summed E-state index contributed by atoms with van der Waals surface area (Å²) in [6.07, 6.45) is 0. The van der Waals surface area contributed by atoms with E-state index in [0.29, 0.717) is 17.4 Å². The molecule has 0 saturated heterocycles. The van der Waals surface area contributed by atoms with Crippen LogP contribution in [0.1, 0.15) is 11.4 Å². The molecule has 0 bridgehead atoms. The predicted octanol–water partition coefficient (Wildman–Crippen LogP) is 3.71. The Kier molecular flexibility index (Phi) is 3.19. The molecule has 0 radical (unpaired) electrons. The molecule has 0 saturated carbocycles. The Morgan fingerprint density at radius 2 is 1.62 bits per heavy atom. The zero-order valence-corrected chi connectivity index (χ0v) is 13.5. The number of hydrogen-bond donors (Lipinski definition) is 0. The van der Waals surface area contributed by atoms with Crippen molar-refractivity contribution in [2.45, 2.75) is 13.8 Å². The fourth-order valence-electron chi connectivity index (χ4n) is 2.97. The predicted molar refractivity (Wildman–Crippen MR) is 89.7 cm³/mol. The smallest absolute Gasteiger partial charge is 0.215 e. The molecule has 24 heavy (non-hydrogen) atoms. The number of fused-ring (bicyclic) bond motifs is 3. The van der Waals surface area contributed by atoms with E-state index in [4.69, 9.17) is 4.74 Å². The summed E-state index contributed by atoms with van der Waals surface area (Å²) in [6, 6.07) is 9.93. The first-order valence-corrected chi connectivity index (χ1v) is 7.55. The number of aromatic nitrogens is 4. The largest absolute Gasteiger partial charge is 0.481 e. The number of nitrogens with zero attached hydrogens (tertiary/aromatic N) is 4. The number of benzene rings is 1. The van der Waals surface area contributed by atoms with Crippen LogP contribution in [0.25, 0.3) is 28.1 Å². The molecule has 3 heterocycles. The molecule has 0 aliphatic rings. The third kappa shape index (κ3) is 2.11. The van der Waals surface area contributed by atoms with Gasteiger partial charge in [0.25, 0.3) is 0 Å². The van der Waals surface area contributed by atoms with Gasteiger partial charge in [0.1, 0.15) is 17.2 Å². The highest BCUT2D eigenvalue weighted by atomic mass is 19.1. The molecule has 0 spiro atoms. The van der Waals surface area contributed by atoms with Crippen molar-refractivity contribution in [1.82, 2.24) is 19.4 Å². The number of hydrogen-bond acceptors (Lipinski definition) is 4. The summed E-state index contributed by atoms with van der Waals surface area (Å²) in [5.41, 5.74) is 4.86. The Morgan fingerprint density at radius 3 is 2.33 bits per heavy atom. The van der Waals surface area contributed by atoms with Crippen LogP contribution in [0.3, 0.4) is 0 Å². The van der Waals surface area contributed by atoms with Gasteiger partial charge in [0.05, 0.1) is 24.0 Å². The Hall–Kier alpha value is -3.02. The standard InChI is InChI=1S/C18H15FN4O/c1-10-16-11(2)21-17(12-4-6-13(19)7-5-12)23(16)18-14(20-10)8-9-15(22-18)24-3/h4-9H,1-3H3. The summed E-state index contributed by atoms with van der Waals surface area (Å²) in [6.45, 7) is 3.88. The number of methoxy groups -OCH3 is 1. The van der Waals surface area contributed by atoms with Crippen molar-refractivity contribution in [3.05, 3.63) is 53.6 Å². The van der Waals surface area contributed by atoms with Gasteiger partial charge in [-0.05, 0) is 44.2 Å². The quantitative estimate of drug-likeness (QED) is 0.564. The summed E-state index contributed by atoms with van der Waals surface area (Å²) in [5.74, 6) is 0.934. The van der Waals surface area contributed by atoms with Gasteiger partial charge in [0, 0.05) is 11.6 Å². The highest BCUT2D eigenvalue weighted by Gasteiger charge is 2.17. The summed E-state index contributed by atoms with van der Waals surface area (Å²) in [7, 11) is 1.58. The molecule has 0 atom stereocenters. The topological polar surface area (TPSA) is 52.3 Å². The lowest BCUT2D eigenvalue weighted by atomic mass is 10.2. The van der Waals surface area contributed by atoms with Gasteiger partial charge in [0.2, 0.25) is 5.88 Å². The maximum atomic E-state index is 13.3. The van der Waals surface area contributed by atoms with E-state index in [1.807, 2.05) is 24.3 Å². The van der Waals surface area contributed by atoms with Crippen molar-refractivity contribution < 1.29 is 9.13 Å². The van der Waals surface area contributed by atoms with Gasteiger partial charge in [-0.3, -0.25) is 4.40 Å². The van der Waals surface area contributed by atoms with Crippen molar-refractivity contribution in [3.63, 3.8) is 0 Å². The van der Waals surface area contributed by atoms with Crippen molar-refractivity contribution in [2.75, 3.05) is 7.11 Å². The molecular formula is C18H15FN4O. The van der Waals surface area contributed by atoms with Crippen LogP contribution in [0, 0.1) is 19.7 Å². The van der Waals surface area contributed by atoms with Crippen LogP contribution in [0.5, 0.6) is 5.88 Å². The van der Waals surface area contributed by atoms with E-state index >= 15 is 0 Å². The zero-order chi connectivity index (χ0) is 16.8. The first-order chi connectivity index (χ1) is 11.6. The second-order valence-corrected chi connectivity index (χ2v) is 5.61. The van der Waals surface area contributed by atoms with Crippen molar-refractivity contribution >= 4 is 16.7 Å². The van der Waals surface area contributed by atoms with Crippen LogP contribution in [0.4, 0.5) is 4.39 Å². The fraction of sp³-hybridized carbons (Fsp3) is 0.167. The molecule has 0 fully saturated rings. The molecule has 120 valence electrons. The molecular weight excluding hydrogens is 307 g/mol. The average Bonchev–Trinajstić information content (AvgIpc) is 2.94. The Morgan fingerprint density at radius 1 is 0.917 bits per heavy atom. The number of pyridine rings is 1. The van der Waals surface area contributed by atoms with Crippen LogP contribution in [0.2, 0.25) is 0 Å². The lowest BCUT2D eigenvalue weighted by molar-refractivity contribution is 0.399. The van der Waals surface area contributed by atoms with Crippen LogP contribution in [-0.4, -0.2) is 26.5 Å². The van der Waals surface area contributed by atoms with Gasteiger partial charge in [-0.2, -0.15) is 4.98 Å². The highest BCUT2D eigenvalue weighted by molar-refractivity contribution is 5.81. The molecule has 0 N–H and O–H groups in total. The number of aryl methyl sites for hydroxylation is 2. The number of halogens is 1. The second kappa shape index (κ2) is 5.26. The summed E-state index contributed by atoms with van der Waals surface area (Å²) < 4.78 is 20.5. The van der Waals surface area contributed by atoms with Gasteiger partial charge in [-0.1, -0.05) is 0 Å². The van der Waals surface area contributed by atoms with E-state index in [1.54, 1.807) is 25.3 Å². The van der Waals surface area contributed by atoms with E-state index in [9.17, 15) is 4.39 Å². The van der Waals surface area contributed by atoms with Gasteiger partial charge in [-0.15, -0.1) is 0 Å². The van der Waals surface area contributed by atoms with Gasteiger partial charge in [-0.25, -0.2) is 14.4 Å². The highest BCUT2D eigenvalue weighted by Crippen LogP contribution is 2.28. The molecule has 5 nitrogen and oxygen atoms in total. The third-order valence-electron chi connectivity index (χ3n) is 4.03. The van der Waals surface area contributed by atoms with Gasteiger partial charge >= 0.3 is 0 Å². The minimum absolute atomic E-state index is 0.279. The summed E-state index contributed by atoms with van der Waals surface area (Å²) in [4.78, 5) is 13.8. The maximum absolute atomic E-state index is 13.3. The Bertz CT molecular complexity index is 1070. The van der Waals surface area contributed by atoms with E-state index in [2.05, 4.69) is 15.0 Å². The van der Waals surface area contributed by atoms with E-state index in [-0.39, 0.29) is 5.82 Å². The Balaban J connectivity index is 2.16. The minimum Gasteiger partial charge on any atom is -0.481 e. The molecule has 4 rings (SSSR count). The zero-order valence-electron chi connectivity index (χ0n) is 13.5. The molecule has 0 amide bonds. The number of imidazole rings is 1. The molecule has 0 aliphatic heterocycles. The van der Waals surface area contributed by atoms with E-state index < -0.39 is 0 Å². The molecule has 4 aromatic rings. The van der Waals surface area contributed by atoms with Crippen LogP contribution < -0.4 is 4.74 Å². The first kappa shape index (κ1) is 14.6. The molecule has 3 aromatic heterocycles. The maximum Gasteiger partial charge on any atom is 0.215 e. The molecule has 0 aliphatic carbocycles. The number of rotatable bonds is 2. The summed E-state index contributed by atoms with van der Waals surface area (Å²) in [5, 5.41) is 0. The van der Waals surface area contributed by atoms with Gasteiger partial charge in [0.15, 0.2) is 5.65 Å². The van der Waals surface area contributed by atoms with Crippen molar-refractivity contribution in [3.8, 4) is 17.3 Å². The SMILES string of the molecule is COc1ccc2nc(C)c3c(C)nc(-c4ccc(F)cc4)n3c2n1. The molecule has 6 heteroatoms. The number of ether oxygens (including phenoxy) is 1. The fourth-order valence-corrected chi connectivity index (χ4v) is 2.97. The van der Waals surface area contributed by atoms with Crippen LogP contribution >= 0.6 is 0 Å². The van der Waals surface area contributed by atoms with Crippen molar-refractivity contribution in [1.29, 1.82) is 0 Å². The molecule has 0 unspecified atom stereocenters. The lowest BCUT2D eigenvalue weighted by Gasteiger charge is -2.08. The third-order valence-corrected chi connectivity index (χ3v) is 4.03. The van der Waals surface area contributed by atoms with Crippen molar-refractivity contribution in [2.24, 2.45) is 0 Å².